The van der Waals surface area contributed by atoms with Gasteiger partial charge in [0.2, 0.25) is 5.91 Å². The predicted octanol–water partition coefficient (Wildman–Crippen LogP) is 4.13. The third kappa shape index (κ3) is 7.79. The van der Waals surface area contributed by atoms with Gasteiger partial charge in [0, 0.05) is 31.3 Å². The van der Waals surface area contributed by atoms with Gasteiger partial charge >= 0.3 is 5.97 Å². The normalized spacial score (nSPS) is 11.4. The number of halogens is 2. The molecule has 0 aliphatic carbocycles. The number of benzene rings is 2. The van der Waals surface area contributed by atoms with Crippen molar-refractivity contribution in [1.82, 2.24) is 10.3 Å². The molecule has 1 atom stereocenters. The van der Waals surface area contributed by atoms with Gasteiger partial charge in [-0.25, -0.2) is 14.2 Å². The molecule has 0 saturated carbocycles. The third-order valence-electron chi connectivity index (χ3n) is 5.02. The van der Waals surface area contributed by atoms with Crippen LogP contribution in [0.25, 0.3) is 0 Å². The second kappa shape index (κ2) is 12.5. The van der Waals surface area contributed by atoms with E-state index in [4.69, 9.17) is 11.6 Å². The number of carbonyl (C=O) groups is 3. The summed E-state index contributed by atoms with van der Waals surface area (Å²) in [6, 6.07) is 14.6. The highest BCUT2D eigenvalue weighted by atomic mass is 35.5. The van der Waals surface area contributed by atoms with Gasteiger partial charge in [-0.3, -0.25) is 9.59 Å². The van der Waals surface area contributed by atoms with Crippen molar-refractivity contribution < 1.29 is 23.9 Å². The number of aliphatic carboxylic acids is 1. The fourth-order valence-electron chi connectivity index (χ4n) is 3.26. The van der Waals surface area contributed by atoms with Crippen molar-refractivity contribution in [3.05, 3.63) is 88.8 Å². The highest BCUT2D eigenvalue weighted by Gasteiger charge is 2.24. The average Bonchev–Trinajstić information content (AvgIpc) is 2.83. The number of nitrogens with one attached hydrogen (secondary N) is 3. The van der Waals surface area contributed by atoms with Crippen LogP contribution in [0, 0.1) is 5.82 Å². The maximum absolute atomic E-state index is 14.0. The molecule has 2 amide bonds. The largest absolute Gasteiger partial charge is 0.480 e. The number of nitrogens with zero attached hydrogens (tertiary/aromatic N) is 1. The number of carboxylic acid groups (broad SMARTS) is 1. The summed E-state index contributed by atoms with van der Waals surface area (Å²) in [5, 5.41) is 17.6. The first-order valence-electron chi connectivity index (χ1n) is 10.8. The van der Waals surface area contributed by atoms with Crippen molar-refractivity contribution in [2.24, 2.45) is 0 Å². The highest BCUT2D eigenvalue weighted by molar-refractivity contribution is 6.33. The molecule has 3 rings (SSSR count). The van der Waals surface area contributed by atoms with Crippen LogP contribution in [-0.4, -0.2) is 40.5 Å². The lowest BCUT2D eigenvalue weighted by Gasteiger charge is -2.16. The number of rotatable bonds is 11. The van der Waals surface area contributed by atoms with E-state index in [-0.39, 0.29) is 17.4 Å². The molecule has 3 aromatic rings. The summed E-state index contributed by atoms with van der Waals surface area (Å²) in [5.41, 5.74) is 0.758. The zero-order valence-electron chi connectivity index (χ0n) is 18.6. The monoisotopic (exact) mass is 498 g/mol. The quantitative estimate of drug-likeness (QED) is 0.295. The molecule has 1 aromatic heterocycles. The van der Waals surface area contributed by atoms with Crippen LogP contribution in [0.4, 0.5) is 15.9 Å². The van der Waals surface area contributed by atoms with Crippen molar-refractivity contribution in [2.75, 3.05) is 17.2 Å². The molecule has 0 saturated heterocycles. The van der Waals surface area contributed by atoms with Gasteiger partial charge < -0.3 is 21.1 Å². The summed E-state index contributed by atoms with van der Waals surface area (Å²) in [6.07, 6.45) is 2.57. The molecule has 0 unspecified atom stereocenters. The first-order valence-corrected chi connectivity index (χ1v) is 11.2. The first-order chi connectivity index (χ1) is 16.8. The SMILES string of the molecule is O=C(CCCNc1ccccn1)Nc1ccc(C[C@H](NC(=O)c2c(F)cccc2Cl)C(=O)O)cc1. The molecule has 0 fully saturated rings. The van der Waals surface area contributed by atoms with Gasteiger partial charge in [0.15, 0.2) is 0 Å². The van der Waals surface area contributed by atoms with Gasteiger partial charge in [-0.1, -0.05) is 35.9 Å². The van der Waals surface area contributed by atoms with E-state index in [1.165, 1.54) is 12.1 Å². The van der Waals surface area contributed by atoms with Gasteiger partial charge in [-0.15, -0.1) is 0 Å². The van der Waals surface area contributed by atoms with Crippen LogP contribution in [0.3, 0.4) is 0 Å². The van der Waals surface area contributed by atoms with Gasteiger partial charge in [0.25, 0.3) is 5.91 Å². The molecular formula is C25H24ClFN4O4. The van der Waals surface area contributed by atoms with E-state index in [0.29, 0.717) is 30.6 Å². The number of hydrogen-bond acceptors (Lipinski definition) is 5. The van der Waals surface area contributed by atoms with E-state index in [1.807, 2.05) is 18.2 Å². The number of amides is 2. The smallest absolute Gasteiger partial charge is 0.326 e. The fourth-order valence-corrected chi connectivity index (χ4v) is 3.51. The number of anilines is 2. The molecule has 10 heteroatoms. The molecule has 0 spiro atoms. The van der Waals surface area contributed by atoms with Gasteiger partial charge in [-0.2, -0.15) is 0 Å². The zero-order valence-corrected chi connectivity index (χ0v) is 19.4. The number of pyridine rings is 1. The second-order valence-electron chi connectivity index (χ2n) is 7.66. The van der Waals surface area contributed by atoms with Crippen molar-refractivity contribution >= 4 is 40.9 Å². The Morgan fingerprint density at radius 1 is 1.03 bits per heavy atom. The summed E-state index contributed by atoms with van der Waals surface area (Å²) in [5.74, 6) is -2.44. The Bertz CT molecular complexity index is 1160. The summed E-state index contributed by atoms with van der Waals surface area (Å²) < 4.78 is 14.0. The van der Waals surface area contributed by atoms with E-state index in [2.05, 4.69) is 20.9 Å². The Morgan fingerprint density at radius 3 is 2.46 bits per heavy atom. The maximum atomic E-state index is 14.0. The maximum Gasteiger partial charge on any atom is 0.326 e. The highest BCUT2D eigenvalue weighted by Crippen LogP contribution is 2.19. The molecule has 0 aliphatic rings. The Balaban J connectivity index is 1.49. The van der Waals surface area contributed by atoms with Crippen LogP contribution in [0.1, 0.15) is 28.8 Å². The van der Waals surface area contributed by atoms with Gasteiger partial charge in [0.1, 0.15) is 17.7 Å². The summed E-state index contributed by atoms with van der Waals surface area (Å²) in [4.78, 5) is 40.4. The predicted molar refractivity (Wildman–Crippen MR) is 131 cm³/mol. The first kappa shape index (κ1) is 25.6. The third-order valence-corrected chi connectivity index (χ3v) is 5.34. The number of aromatic nitrogens is 1. The Hall–Kier alpha value is -3.98. The van der Waals surface area contributed by atoms with E-state index in [9.17, 15) is 23.9 Å². The van der Waals surface area contributed by atoms with Crippen LogP contribution in [0.2, 0.25) is 5.02 Å². The van der Waals surface area contributed by atoms with Crippen molar-refractivity contribution in [2.45, 2.75) is 25.3 Å². The molecule has 35 heavy (non-hydrogen) atoms. The average molecular weight is 499 g/mol. The molecule has 0 aliphatic heterocycles. The standard InChI is InChI=1S/C25H24ClFN4O4/c26-18-5-3-6-19(27)23(18)24(33)31-20(25(34)35)15-16-9-11-17(12-10-16)30-22(32)8-4-14-29-21-7-1-2-13-28-21/h1-3,5-7,9-13,20H,4,8,14-15H2,(H,28,29)(H,30,32)(H,31,33)(H,34,35)/t20-/m0/s1. The molecule has 8 nitrogen and oxygen atoms in total. The summed E-state index contributed by atoms with van der Waals surface area (Å²) in [6.45, 7) is 0.601. The zero-order chi connectivity index (χ0) is 25.2. The molecule has 1 heterocycles. The Labute approximate surface area is 206 Å². The summed E-state index contributed by atoms with van der Waals surface area (Å²) in [7, 11) is 0. The number of carbonyl (C=O) groups excluding carboxylic acids is 2. The van der Waals surface area contributed by atoms with Gasteiger partial charge in [0.05, 0.1) is 10.6 Å². The van der Waals surface area contributed by atoms with Crippen LogP contribution in [0.5, 0.6) is 0 Å². The van der Waals surface area contributed by atoms with E-state index in [1.54, 1.807) is 30.5 Å². The molecule has 4 N–H and O–H groups in total. The van der Waals surface area contributed by atoms with E-state index in [0.717, 1.165) is 11.9 Å². The molecule has 2 aromatic carbocycles. The molecule has 0 radical (unpaired) electrons. The Kier molecular flexibility index (Phi) is 9.14. The van der Waals surface area contributed by atoms with Crippen LogP contribution < -0.4 is 16.0 Å². The minimum atomic E-state index is -1.30. The van der Waals surface area contributed by atoms with E-state index >= 15 is 0 Å². The minimum absolute atomic E-state index is 0.0411. The van der Waals surface area contributed by atoms with Crippen molar-refractivity contribution in [1.29, 1.82) is 0 Å². The number of hydrogen-bond donors (Lipinski definition) is 4. The van der Waals surface area contributed by atoms with Crippen LogP contribution >= 0.6 is 11.6 Å². The molecule has 182 valence electrons. The topological polar surface area (TPSA) is 120 Å². The van der Waals surface area contributed by atoms with Crippen LogP contribution in [0.15, 0.2) is 66.9 Å². The fraction of sp³-hybridized carbons (Fsp3) is 0.200. The summed E-state index contributed by atoms with van der Waals surface area (Å²) >= 11 is 5.89. The second-order valence-corrected chi connectivity index (χ2v) is 8.06. The van der Waals surface area contributed by atoms with E-state index < -0.39 is 29.3 Å². The molecule has 0 bridgehead atoms. The lowest BCUT2D eigenvalue weighted by Crippen LogP contribution is -2.42. The van der Waals surface area contributed by atoms with Crippen molar-refractivity contribution in [3.63, 3.8) is 0 Å². The lowest BCUT2D eigenvalue weighted by molar-refractivity contribution is -0.139. The van der Waals surface area contributed by atoms with Crippen molar-refractivity contribution in [3.8, 4) is 0 Å². The lowest BCUT2D eigenvalue weighted by atomic mass is 10.0. The van der Waals surface area contributed by atoms with Crippen LogP contribution in [-0.2, 0) is 16.0 Å². The molecular weight excluding hydrogens is 475 g/mol. The number of carboxylic acids is 1. The van der Waals surface area contributed by atoms with Gasteiger partial charge in [-0.05, 0) is 48.4 Å². The minimum Gasteiger partial charge on any atom is -0.480 e. The Morgan fingerprint density at radius 2 is 1.80 bits per heavy atom.